The minimum Gasteiger partial charge on any atom is -0.477 e. The van der Waals surface area contributed by atoms with E-state index in [-0.39, 0.29) is 23.0 Å². The lowest BCUT2D eigenvalue weighted by atomic mass is 9.77. The first-order valence-corrected chi connectivity index (χ1v) is 10.4. The summed E-state index contributed by atoms with van der Waals surface area (Å²) < 4.78 is 71.0. The van der Waals surface area contributed by atoms with Crippen molar-refractivity contribution in [2.24, 2.45) is 16.6 Å². The Morgan fingerprint density at radius 1 is 1.38 bits per heavy atom. The van der Waals surface area contributed by atoms with Gasteiger partial charge < -0.3 is 30.4 Å². The lowest BCUT2D eigenvalue weighted by Crippen LogP contribution is -2.48. The lowest BCUT2D eigenvalue weighted by molar-refractivity contribution is -0.219. The zero-order chi connectivity index (χ0) is 24.7. The molecular weight excluding hydrogens is 462 g/mol. The molecule has 1 fully saturated rings. The Morgan fingerprint density at radius 2 is 2.15 bits per heavy atom. The molecule has 4 N–H and O–H groups in total. The number of aliphatic imine (C=N–C) groups is 1. The summed E-state index contributed by atoms with van der Waals surface area (Å²) >= 11 is 0. The number of hydrogen-bond acceptors (Lipinski definition) is 9. The SMILES string of the molecule is CCOc1ncc(C(O)Nc2ccc(F)c(C34CO[C@H](C(F)(F)F)C3COC(N)=N4)c2)nc1C. The topological polar surface area (TPSA) is 124 Å². The first-order valence-electron chi connectivity index (χ1n) is 10.4. The Kier molecular flexibility index (Phi) is 6.25. The highest BCUT2D eigenvalue weighted by Gasteiger charge is 2.62. The van der Waals surface area contributed by atoms with Gasteiger partial charge in [0.2, 0.25) is 5.88 Å². The second-order valence-electron chi connectivity index (χ2n) is 7.92. The molecule has 3 heterocycles. The number of benzene rings is 1. The molecule has 1 aromatic carbocycles. The number of anilines is 1. The Morgan fingerprint density at radius 3 is 2.82 bits per heavy atom. The zero-order valence-corrected chi connectivity index (χ0v) is 18.3. The molecule has 0 radical (unpaired) electrons. The van der Waals surface area contributed by atoms with Gasteiger partial charge in [0.15, 0.2) is 12.3 Å². The van der Waals surface area contributed by atoms with Gasteiger partial charge >= 0.3 is 6.18 Å². The number of hydrogen-bond donors (Lipinski definition) is 3. The minimum atomic E-state index is -4.70. The fourth-order valence-electron chi connectivity index (χ4n) is 4.17. The van der Waals surface area contributed by atoms with Gasteiger partial charge in [0.05, 0.1) is 37.6 Å². The second-order valence-corrected chi connectivity index (χ2v) is 7.92. The van der Waals surface area contributed by atoms with Crippen molar-refractivity contribution in [1.29, 1.82) is 0 Å². The predicted octanol–water partition coefficient (Wildman–Crippen LogP) is 2.54. The Labute approximate surface area is 192 Å². The van der Waals surface area contributed by atoms with Crippen LogP contribution in [0.4, 0.5) is 23.2 Å². The maximum atomic E-state index is 15.0. The summed E-state index contributed by atoms with van der Waals surface area (Å²) in [7, 11) is 0. The van der Waals surface area contributed by atoms with Crippen molar-refractivity contribution in [2.45, 2.75) is 37.9 Å². The molecule has 0 spiro atoms. The van der Waals surface area contributed by atoms with Crippen molar-refractivity contribution in [1.82, 2.24) is 9.97 Å². The molecule has 13 heteroatoms. The fourth-order valence-corrected chi connectivity index (χ4v) is 4.17. The van der Waals surface area contributed by atoms with Gasteiger partial charge in [0, 0.05) is 11.3 Å². The number of halogens is 4. The number of nitrogens with one attached hydrogen (secondary N) is 1. The molecule has 0 aliphatic carbocycles. The van der Waals surface area contributed by atoms with E-state index < -0.39 is 49.0 Å². The van der Waals surface area contributed by atoms with E-state index in [0.29, 0.717) is 18.2 Å². The Bertz CT molecular complexity index is 1100. The maximum absolute atomic E-state index is 15.0. The second kappa shape index (κ2) is 8.87. The number of ether oxygens (including phenoxy) is 3. The third-order valence-electron chi connectivity index (χ3n) is 5.72. The van der Waals surface area contributed by atoms with Crippen molar-refractivity contribution in [2.75, 3.05) is 25.1 Å². The van der Waals surface area contributed by atoms with Crippen LogP contribution in [0.1, 0.15) is 30.1 Å². The van der Waals surface area contributed by atoms with E-state index in [0.717, 1.165) is 6.07 Å². The van der Waals surface area contributed by atoms with Gasteiger partial charge in [0.25, 0.3) is 6.02 Å². The van der Waals surface area contributed by atoms with Crippen molar-refractivity contribution in [3.05, 3.63) is 47.2 Å². The highest BCUT2D eigenvalue weighted by molar-refractivity contribution is 5.73. The molecular formula is C21H23F4N5O4. The number of aryl methyl sites for hydroxylation is 1. The van der Waals surface area contributed by atoms with Gasteiger partial charge in [-0.15, -0.1) is 0 Å². The summed E-state index contributed by atoms with van der Waals surface area (Å²) in [5.41, 5.74) is 4.56. The van der Waals surface area contributed by atoms with E-state index in [4.69, 9.17) is 19.9 Å². The predicted molar refractivity (Wildman–Crippen MR) is 111 cm³/mol. The third-order valence-corrected chi connectivity index (χ3v) is 5.72. The summed E-state index contributed by atoms with van der Waals surface area (Å²) in [6.45, 7) is 2.87. The van der Waals surface area contributed by atoms with Crippen LogP contribution in [0, 0.1) is 18.7 Å². The molecule has 0 bridgehead atoms. The van der Waals surface area contributed by atoms with E-state index in [2.05, 4.69) is 20.3 Å². The quantitative estimate of drug-likeness (QED) is 0.421. The number of rotatable bonds is 6. The summed E-state index contributed by atoms with van der Waals surface area (Å²) in [5, 5.41) is 13.3. The summed E-state index contributed by atoms with van der Waals surface area (Å²) in [6, 6.07) is 3.30. The number of aliphatic hydroxyl groups excluding tert-OH is 1. The molecule has 2 aliphatic heterocycles. The lowest BCUT2D eigenvalue weighted by Gasteiger charge is -2.36. The zero-order valence-electron chi connectivity index (χ0n) is 18.3. The monoisotopic (exact) mass is 485 g/mol. The number of nitrogens with zero attached hydrogens (tertiary/aromatic N) is 3. The number of amidine groups is 1. The van der Waals surface area contributed by atoms with Crippen LogP contribution >= 0.6 is 0 Å². The van der Waals surface area contributed by atoms with E-state index in [1.807, 2.05) is 0 Å². The molecule has 9 nitrogen and oxygen atoms in total. The summed E-state index contributed by atoms with van der Waals surface area (Å²) in [4.78, 5) is 12.4. The minimum absolute atomic E-state index is 0.164. The maximum Gasteiger partial charge on any atom is 0.415 e. The Balaban J connectivity index is 1.66. The number of alkyl halides is 3. The van der Waals surface area contributed by atoms with Crippen molar-refractivity contribution >= 4 is 11.7 Å². The molecule has 0 amide bonds. The smallest absolute Gasteiger partial charge is 0.415 e. The van der Waals surface area contributed by atoms with Gasteiger partial charge in [-0.25, -0.2) is 19.4 Å². The molecule has 1 aromatic heterocycles. The molecule has 34 heavy (non-hydrogen) atoms. The van der Waals surface area contributed by atoms with Crippen molar-refractivity contribution in [3.8, 4) is 5.88 Å². The molecule has 184 valence electrons. The van der Waals surface area contributed by atoms with E-state index in [9.17, 15) is 22.7 Å². The molecule has 2 aliphatic rings. The average Bonchev–Trinajstić information content (AvgIpc) is 3.16. The molecule has 4 rings (SSSR count). The number of fused-ring (bicyclic) bond motifs is 1. The van der Waals surface area contributed by atoms with Crippen molar-refractivity contribution < 1.29 is 36.9 Å². The van der Waals surface area contributed by atoms with Gasteiger partial charge in [-0.3, -0.25) is 0 Å². The van der Waals surface area contributed by atoms with Crippen molar-refractivity contribution in [3.63, 3.8) is 0 Å². The molecule has 2 aromatic rings. The highest BCUT2D eigenvalue weighted by atomic mass is 19.4. The molecule has 1 saturated heterocycles. The van der Waals surface area contributed by atoms with Crippen LogP contribution in [-0.2, 0) is 15.0 Å². The van der Waals surface area contributed by atoms with E-state index in [1.165, 1.54) is 18.3 Å². The first-order chi connectivity index (χ1) is 16.0. The molecule has 3 unspecified atom stereocenters. The molecule has 0 saturated carbocycles. The summed E-state index contributed by atoms with van der Waals surface area (Å²) in [5.74, 6) is -1.83. The number of aliphatic hydroxyl groups is 1. The Hall–Kier alpha value is -3.19. The van der Waals surface area contributed by atoms with Crippen LogP contribution in [0.5, 0.6) is 5.88 Å². The van der Waals surface area contributed by atoms with E-state index in [1.54, 1.807) is 13.8 Å². The van der Waals surface area contributed by atoms with Crippen LogP contribution in [0.3, 0.4) is 0 Å². The van der Waals surface area contributed by atoms with Crippen LogP contribution in [0.15, 0.2) is 29.4 Å². The van der Waals surface area contributed by atoms with Gasteiger partial charge in [-0.2, -0.15) is 13.2 Å². The first kappa shape index (κ1) is 24.0. The fraction of sp³-hybridized carbons (Fsp3) is 0.476. The van der Waals surface area contributed by atoms with E-state index >= 15 is 0 Å². The van der Waals surface area contributed by atoms with Crippen LogP contribution in [0.25, 0.3) is 0 Å². The van der Waals surface area contributed by atoms with Gasteiger partial charge in [-0.05, 0) is 32.0 Å². The highest BCUT2D eigenvalue weighted by Crippen LogP contribution is 2.50. The number of aromatic nitrogens is 2. The number of nitrogens with two attached hydrogens (primary N) is 1. The standard InChI is InChI=1S/C21H23F4N5O4/c1-3-32-18-10(2)28-15(7-27-18)17(31)29-11-4-5-14(22)12(6-11)20-9-34-16(21(23,24)25)13(20)8-33-19(26)30-20/h4-7,13,16-17,29,31H,3,8-9H2,1-2H3,(H2,26,30)/t13?,16-,17?,20?/m0/s1. The largest absolute Gasteiger partial charge is 0.477 e. The average molecular weight is 485 g/mol. The van der Waals surface area contributed by atoms with Crippen LogP contribution < -0.4 is 15.8 Å². The summed E-state index contributed by atoms with van der Waals surface area (Å²) in [6.07, 6.45) is -6.94. The van der Waals surface area contributed by atoms with Gasteiger partial charge in [-0.1, -0.05) is 0 Å². The molecule has 4 atom stereocenters. The van der Waals surface area contributed by atoms with Crippen LogP contribution in [-0.4, -0.2) is 53.2 Å². The normalized spacial score (nSPS) is 25.2. The van der Waals surface area contributed by atoms with Crippen LogP contribution in [0.2, 0.25) is 0 Å². The third kappa shape index (κ3) is 4.32. The van der Waals surface area contributed by atoms with Gasteiger partial charge in [0.1, 0.15) is 17.1 Å².